The third kappa shape index (κ3) is 3.74. The van der Waals surface area contributed by atoms with Crippen LogP contribution in [0.2, 0.25) is 0 Å². The maximum absolute atomic E-state index is 13.3. The summed E-state index contributed by atoms with van der Waals surface area (Å²) in [6.07, 6.45) is 0. The van der Waals surface area contributed by atoms with Crippen molar-refractivity contribution in [1.82, 2.24) is 4.90 Å². The van der Waals surface area contributed by atoms with Crippen LogP contribution in [0, 0.1) is 30.0 Å². The second-order valence-electron chi connectivity index (χ2n) is 4.30. The average Bonchev–Trinajstić information content (AvgIpc) is 2.33. The zero-order valence-corrected chi connectivity index (χ0v) is 10.7. The summed E-state index contributed by atoms with van der Waals surface area (Å²) in [6.45, 7) is 3.72. The minimum Gasteiger partial charge on any atom is -0.326 e. The monoisotopic (exact) mass is 249 g/mol. The van der Waals surface area contributed by atoms with Gasteiger partial charge in [-0.05, 0) is 31.5 Å². The Morgan fingerprint density at radius 1 is 1.61 bits per heavy atom. The Morgan fingerprint density at radius 3 is 2.83 bits per heavy atom. The number of hydrogen-bond acceptors (Lipinski definition) is 2. The molecule has 0 bridgehead atoms. The first-order valence-corrected chi connectivity index (χ1v) is 5.62. The van der Waals surface area contributed by atoms with Crippen molar-refractivity contribution >= 4 is 11.7 Å². The van der Waals surface area contributed by atoms with Crippen LogP contribution in [0.1, 0.15) is 12.5 Å². The largest absolute Gasteiger partial charge is 0.326 e. The summed E-state index contributed by atoms with van der Waals surface area (Å²) < 4.78 is 13.3. The van der Waals surface area contributed by atoms with Crippen LogP contribution in [0.4, 0.5) is 14.9 Å². The number of benzene rings is 1. The summed E-state index contributed by atoms with van der Waals surface area (Å²) in [5.74, 6) is -0.601. The molecule has 1 atom stereocenters. The van der Waals surface area contributed by atoms with Gasteiger partial charge in [-0.2, -0.15) is 5.26 Å². The Balaban J connectivity index is 2.64. The van der Waals surface area contributed by atoms with E-state index in [4.69, 9.17) is 5.26 Å². The van der Waals surface area contributed by atoms with Gasteiger partial charge in [0.1, 0.15) is 5.82 Å². The van der Waals surface area contributed by atoms with E-state index >= 15 is 0 Å². The highest BCUT2D eigenvalue weighted by Crippen LogP contribution is 2.14. The molecule has 96 valence electrons. The fourth-order valence-corrected chi connectivity index (χ4v) is 1.42. The molecule has 18 heavy (non-hydrogen) atoms. The van der Waals surface area contributed by atoms with Crippen molar-refractivity contribution in [2.24, 2.45) is 5.92 Å². The quantitative estimate of drug-likeness (QED) is 0.895. The molecule has 0 saturated carbocycles. The maximum Gasteiger partial charge on any atom is 0.321 e. The van der Waals surface area contributed by atoms with Crippen LogP contribution in [0.3, 0.4) is 0 Å². The number of urea groups is 1. The number of amides is 2. The number of carbonyl (C=O) groups is 1. The van der Waals surface area contributed by atoms with Crippen LogP contribution in [0.15, 0.2) is 18.2 Å². The van der Waals surface area contributed by atoms with Gasteiger partial charge in [0, 0.05) is 19.3 Å². The molecule has 1 aromatic carbocycles. The number of nitrogens with zero attached hydrogens (tertiary/aromatic N) is 2. The molecule has 0 aliphatic carbocycles. The summed E-state index contributed by atoms with van der Waals surface area (Å²) in [5, 5.41) is 11.2. The van der Waals surface area contributed by atoms with Crippen molar-refractivity contribution in [2.45, 2.75) is 13.8 Å². The predicted molar refractivity (Wildman–Crippen MR) is 67.6 cm³/mol. The van der Waals surface area contributed by atoms with Gasteiger partial charge in [-0.15, -0.1) is 0 Å². The molecule has 0 aromatic heterocycles. The number of carbonyl (C=O) groups excluding carboxylic acids is 1. The molecule has 0 aliphatic rings. The zero-order chi connectivity index (χ0) is 13.7. The minimum absolute atomic E-state index is 0.240. The van der Waals surface area contributed by atoms with E-state index in [0.29, 0.717) is 17.8 Å². The lowest BCUT2D eigenvalue weighted by Gasteiger charge is -2.19. The maximum atomic E-state index is 13.3. The molecule has 1 N–H and O–H groups in total. The molecule has 2 amide bonds. The molecular formula is C13H16FN3O. The zero-order valence-electron chi connectivity index (χ0n) is 10.7. The summed E-state index contributed by atoms with van der Waals surface area (Å²) in [5.41, 5.74) is 0.930. The fraction of sp³-hybridized carbons (Fsp3) is 0.385. The van der Waals surface area contributed by atoms with Crippen molar-refractivity contribution < 1.29 is 9.18 Å². The van der Waals surface area contributed by atoms with Crippen LogP contribution < -0.4 is 5.32 Å². The van der Waals surface area contributed by atoms with Gasteiger partial charge < -0.3 is 10.2 Å². The molecular weight excluding hydrogens is 233 g/mol. The first-order valence-electron chi connectivity index (χ1n) is 5.62. The number of hydrogen-bond donors (Lipinski definition) is 1. The van der Waals surface area contributed by atoms with E-state index in [1.807, 2.05) is 6.07 Å². The van der Waals surface area contributed by atoms with Crippen LogP contribution in [0.5, 0.6) is 0 Å². The number of rotatable bonds is 3. The highest BCUT2D eigenvalue weighted by Gasteiger charge is 2.12. The highest BCUT2D eigenvalue weighted by molar-refractivity contribution is 5.89. The second-order valence-corrected chi connectivity index (χ2v) is 4.30. The van der Waals surface area contributed by atoms with E-state index in [1.165, 1.54) is 11.0 Å². The Hall–Kier alpha value is -2.09. The van der Waals surface area contributed by atoms with Crippen molar-refractivity contribution in [1.29, 1.82) is 5.26 Å². The molecule has 0 radical (unpaired) electrons. The average molecular weight is 249 g/mol. The van der Waals surface area contributed by atoms with Gasteiger partial charge >= 0.3 is 6.03 Å². The van der Waals surface area contributed by atoms with Crippen molar-refractivity contribution in [2.75, 3.05) is 18.9 Å². The Bertz CT molecular complexity index is 482. The summed E-state index contributed by atoms with van der Waals surface area (Å²) in [4.78, 5) is 13.1. The first-order chi connectivity index (χ1) is 8.43. The normalized spacial score (nSPS) is 11.5. The lowest BCUT2D eigenvalue weighted by atomic mass is 10.2. The van der Waals surface area contributed by atoms with Crippen LogP contribution in [-0.4, -0.2) is 24.5 Å². The van der Waals surface area contributed by atoms with Gasteiger partial charge in [0.2, 0.25) is 0 Å². The Kier molecular flexibility index (Phi) is 4.67. The number of anilines is 1. The van der Waals surface area contributed by atoms with Crippen LogP contribution in [-0.2, 0) is 0 Å². The van der Waals surface area contributed by atoms with Gasteiger partial charge in [-0.3, -0.25) is 0 Å². The summed E-state index contributed by atoms with van der Waals surface area (Å²) >= 11 is 0. The van der Waals surface area contributed by atoms with Gasteiger partial charge in [-0.1, -0.05) is 6.07 Å². The standard InChI is InChI=1S/C13H16FN3O/c1-9(7-15)8-17(3)13(18)16-11-5-4-10(2)12(14)6-11/h4-6,9H,8H2,1-3H3,(H,16,18)/t9-/m1/s1. The van der Waals surface area contributed by atoms with Crippen LogP contribution in [0.25, 0.3) is 0 Å². The van der Waals surface area contributed by atoms with E-state index in [0.717, 1.165) is 0 Å². The summed E-state index contributed by atoms with van der Waals surface area (Å²) in [7, 11) is 1.59. The van der Waals surface area contributed by atoms with Gasteiger partial charge in [0.15, 0.2) is 0 Å². The van der Waals surface area contributed by atoms with Crippen molar-refractivity contribution in [3.05, 3.63) is 29.6 Å². The molecule has 0 spiro atoms. The fourth-order valence-electron chi connectivity index (χ4n) is 1.42. The van der Waals surface area contributed by atoms with Gasteiger partial charge in [-0.25, -0.2) is 9.18 Å². The molecule has 1 rings (SSSR count). The lowest BCUT2D eigenvalue weighted by Crippen LogP contribution is -2.34. The number of nitriles is 1. The molecule has 1 aromatic rings. The third-order valence-electron chi connectivity index (χ3n) is 2.54. The second kappa shape index (κ2) is 6.01. The number of aryl methyl sites for hydroxylation is 1. The topological polar surface area (TPSA) is 56.1 Å². The SMILES string of the molecule is Cc1ccc(NC(=O)N(C)C[C@H](C)C#N)cc1F. The molecule has 0 heterocycles. The minimum atomic E-state index is -0.361. The van der Waals surface area contributed by atoms with E-state index in [9.17, 15) is 9.18 Å². The molecule has 0 fully saturated rings. The third-order valence-corrected chi connectivity index (χ3v) is 2.54. The molecule has 0 unspecified atom stereocenters. The van der Waals surface area contributed by atoms with Gasteiger partial charge in [0.05, 0.1) is 12.0 Å². The molecule has 5 heteroatoms. The van der Waals surface area contributed by atoms with Crippen LogP contribution >= 0.6 is 0 Å². The van der Waals surface area contributed by atoms with E-state index in [1.54, 1.807) is 33.0 Å². The van der Waals surface area contributed by atoms with Gasteiger partial charge in [0.25, 0.3) is 0 Å². The number of nitrogens with one attached hydrogen (secondary N) is 1. The summed E-state index contributed by atoms with van der Waals surface area (Å²) in [6, 6.07) is 6.20. The smallest absolute Gasteiger partial charge is 0.321 e. The molecule has 0 aliphatic heterocycles. The van der Waals surface area contributed by atoms with E-state index in [2.05, 4.69) is 5.32 Å². The van der Waals surface area contributed by atoms with Crippen molar-refractivity contribution in [3.63, 3.8) is 0 Å². The molecule has 4 nitrogen and oxygen atoms in total. The predicted octanol–water partition coefficient (Wildman–Crippen LogP) is 2.76. The van der Waals surface area contributed by atoms with E-state index < -0.39 is 0 Å². The van der Waals surface area contributed by atoms with E-state index in [-0.39, 0.29) is 17.8 Å². The highest BCUT2D eigenvalue weighted by atomic mass is 19.1. The Labute approximate surface area is 106 Å². The number of halogens is 1. The molecule has 0 saturated heterocycles. The van der Waals surface area contributed by atoms with Crippen molar-refractivity contribution in [3.8, 4) is 6.07 Å². The Morgan fingerprint density at radius 2 is 2.28 bits per heavy atom. The lowest BCUT2D eigenvalue weighted by molar-refractivity contribution is 0.219. The first kappa shape index (κ1) is 14.0.